The van der Waals surface area contributed by atoms with Crippen molar-refractivity contribution in [2.75, 3.05) is 13.1 Å². The van der Waals surface area contributed by atoms with E-state index < -0.39 is 0 Å². The van der Waals surface area contributed by atoms with Gasteiger partial charge in [-0.1, -0.05) is 20.3 Å². The van der Waals surface area contributed by atoms with Crippen LogP contribution in [-0.4, -0.2) is 36.1 Å². The molecule has 1 aliphatic rings. The predicted octanol–water partition coefficient (Wildman–Crippen LogP) is 3.27. The molecule has 0 radical (unpaired) electrons. The fourth-order valence-electron chi connectivity index (χ4n) is 2.69. The molecule has 1 saturated heterocycles. The maximum Gasteiger partial charge on any atom is 0.00823 e. The molecule has 0 aromatic heterocycles. The Bertz CT molecular complexity index is 203. The van der Waals surface area contributed by atoms with Gasteiger partial charge >= 0.3 is 0 Å². The monoisotopic (exact) mass is 240 g/mol. The van der Waals surface area contributed by atoms with Crippen molar-refractivity contribution in [3.63, 3.8) is 0 Å². The lowest BCUT2D eigenvalue weighted by molar-refractivity contribution is 0.227. The van der Waals surface area contributed by atoms with E-state index in [9.17, 15) is 0 Å². The second-order valence-electron chi connectivity index (χ2n) is 6.10. The molecule has 2 heteroatoms. The van der Waals surface area contributed by atoms with E-state index in [-0.39, 0.29) is 0 Å². The number of nitrogens with zero attached hydrogens (tertiary/aromatic N) is 1. The maximum atomic E-state index is 3.84. The molecular formula is C15H32N2. The van der Waals surface area contributed by atoms with Crippen molar-refractivity contribution >= 4 is 0 Å². The third-order valence-electron chi connectivity index (χ3n) is 4.49. The van der Waals surface area contributed by atoms with Crippen LogP contribution in [0.3, 0.4) is 0 Å². The van der Waals surface area contributed by atoms with Crippen LogP contribution >= 0.6 is 0 Å². The van der Waals surface area contributed by atoms with Crippen LogP contribution in [-0.2, 0) is 0 Å². The topological polar surface area (TPSA) is 15.3 Å². The Morgan fingerprint density at radius 3 is 2.41 bits per heavy atom. The average Bonchev–Trinajstić information content (AvgIpc) is 2.53. The Balaban J connectivity index is 2.36. The van der Waals surface area contributed by atoms with Crippen molar-refractivity contribution in [2.24, 2.45) is 5.92 Å². The summed E-state index contributed by atoms with van der Waals surface area (Å²) in [5.74, 6) is 0.791. The molecule has 0 saturated carbocycles. The summed E-state index contributed by atoms with van der Waals surface area (Å²) in [6.45, 7) is 14.2. The molecule has 1 fully saturated rings. The van der Waals surface area contributed by atoms with Crippen molar-refractivity contribution in [3.05, 3.63) is 0 Å². The molecule has 0 aliphatic carbocycles. The molecule has 17 heavy (non-hydrogen) atoms. The SMILES string of the molecule is CCC(C)C(C)NC1CCCN(C(C)C)CC1. The average molecular weight is 240 g/mol. The van der Waals surface area contributed by atoms with Gasteiger partial charge in [-0.05, 0) is 59.0 Å². The van der Waals surface area contributed by atoms with E-state index >= 15 is 0 Å². The standard InChI is InChI=1S/C15H32N2/c1-6-13(4)14(5)16-15-8-7-10-17(11-9-15)12(2)3/h12-16H,6-11H2,1-5H3. The van der Waals surface area contributed by atoms with Crippen molar-refractivity contribution in [3.8, 4) is 0 Å². The molecule has 1 rings (SSSR count). The number of nitrogens with one attached hydrogen (secondary N) is 1. The predicted molar refractivity (Wildman–Crippen MR) is 76.4 cm³/mol. The molecule has 102 valence electrons. The first-order chi connectivity index (χ1) is 8.04. The summed E-state index contributed by atoms with van der Waals surface area (Å²) in [7, 11) is 0. The van der Waals surface area contributed by atoms with Crippen LogP contribution < -0.4 is 5.32 Å². The summed E-state index contributed by atoms with van der Waals surface area (Å²) in [5.41, 5.74) is 0. The van der Waals surface area contributed by atoms with E-state index in [1.807, 2.05) is 0 Å². The number of likely N-dealkylation sites (tertiary alicyclic amines) is 1. The molecule has 0 bridgehead atoms. The Morgan fingerprint density at radius 1 is 1.12 bits per heavy atom. The minimum Gasteiger partial charge on any atom is -0.311 e. The maximum absolute atomic E-state index is 3.84. The minimum absolute atomic E-state index is 0.663. The van der Waals surface area contributed by atoms with Gasteiger partial charge in [-0.25, -0.2) is 0 Å². The van der Waals surface area contributed by atoms with Gasteiger partial charge in [-0.2, -0.15) is 0 Å². The van der Waals surface area contributed by atoms with Crippen LogP contribution in [0, 0.1) is 5.92 Å². The largest absolute Gasteiger partial charge is 0.311 e. The second-order valence-corrected chi connectivity index (χ2v) is 6.10. The fraction of sp³-hybridized carbons (Fsp3) is 1.00. The van der Waals surface area contributed by atoms with E-state index in [1.165, 1.54) is 38.8 Å². The summed E-state index contributed by atoms with van der Waals surface area (Å²) in [6, 6.07) is 2.11. The van der Waals surface area contributed by atoms with Crippen LogP contribution in [0.1, 0.15) is 60.3 Å². The van der Waals surface area contributed by atoms with Crippen LogP contribution in [0.4, 0.5) is 0 Å². The van der Waals surface area contributed by atoms with Gasteiger partial charge in [-0.3, -0.25) is 0 Å². The molecule has 3 atom stereocenters. The summed E-state index contributed by atoms with van der Waals surface area (Å²) < 4.78 is 0. The van der Waals surface area contributed by atoms with Gasteiger partial charge in [0.25, 0.3) is 0 Å². The van der Waals surface area contributed by atoms with Crippen molar-refractivity contribution in [1.29, 1.82) is 0 Å². The number of hydrogen-bond acceptors (Lipinski definition) is 2. The van der Waals surface area contributed by atoms with Crippen molar-refractivity contribution in [1.82, 2.24) is 10.2 Å². The van der Waals surface area contributed by atoms with E-state index in [0.717, 1.165) is 12.0 Å². The molecule has 3 unspecified atom stereocenters. The highest BCUT2D eigenvalue weighted by atomic mass is 15.1. The van der Waals surface area contributed by atoms with Gasteiger partial charge in [0.15, 0.2) is 0 Å². The zero-order valence-corrected chi connectivity index (χ0v) is 12.5. The number of hydrogen-bond donors (Lipinski definition) is 1. The number of rotatable bonds is 5. The third kappa shape index (κ3) is 4.97. The first-order valence-corrected chi connectivity index (χ1v) is 7.54. The minimum atomic E-state index is 0.663. The third-order valence-corrected chi connectivity index (χ3v) is 4.49. The van der Waals surface area contributed by atoms with Gasteiger partial charge in [0.05, 0.1) is 0 Å². The van der Waals surface area contributed by atoms with Crippen LogP contribution in [0.15, 0.2) is 0 Å². The van der Waals surface area contributed by atoms with Crippen LogP contribution in [0.5, 0.6) is 0 Å². The van der Waals surface area contributed by atoms with Gasteiger partial charge in [0, 0.05) is 18.1 Å². The molecule has 1 heterocycles. The Hall–Kier alpha value is -0.0800. The highest BCUT2D eigenvalue weighted by molar-refractivity contribution is 4.79. The lowest BCUT2D eigenvalue weighted by Gasteiger charge is -2.27. The molecule has 1 N–H and O–H groups in total. The van der Waals surface area contributed by atoms with Crippen LogP contribution in [0.25, 0.3) is 0 Å². The molecule has 0 spiro atoms. The van der Waals surface area contributed by atoms with E-state index in [0.29, 0.717) is 12.1 Å². The summed E-state index contributed by atoms with van der Waals surface area (Å²) in [5, 5.41) is 3.84. The zero-order valence-electron chi connectivity index (χ0n) is 12.5. The quantitative estimate of drug-likeness (QED) is 0.793. The smallest absolute Gasteiger partial charge is 0.00823 e. The summed E-state index contributed by atoms with van der Waals surface area (Å²) in [4.78, 5) is 2.62. The molecule has 0 amide bonds. The van der Waals surface area contributed by atoms with Gasteiger partial charge in [-0.15, -0.1) is 0 Å². The summed E-state index contributed by atoms with van der Waals surface area (Å²) in [6.07, 6.45) is 5.30. The summed E-state index contributed by atoms with van der Waals surface area (Å²) >= 11 is 0. The normalized spacial score (nSPS) is 26.8. The lowest BCUT2D eigenvalue weighted by Crippen LogP contribution is -2.41. The first-order valence-electron chi connectivity index (χ1n) is 7.54. The highest BCUT2D eigenvalue weighted by Crippen LogP contribution is 2.16. The van der Waals surface area contributed by atoms with Gasteiger partial charge in [0.1, 0.15) is 0 Å². The van der Waals surface area contributed by atoms with E-state index in [4.69, 9.17) is 0 Å². The highest BCUT2D eigenvalue weighted by Gasteiger charge is 2.20. The molecule has 0 aromatic rings. The van der Waals surface area contributed by atoms with Crippen LogP contribution in [0.2, 0.25) is 0 Å². The molecule has 1 aliphatic heterocycles. The van der Waals surface area contributed by atoms with Crippen molar-refractivity contribution in [2.45, 2.75) is 78.4 Å². The second kappa shape index (κ2) is 7.38. The first kappa shape index (κ1) is 15.0. The molecular weight excluding hydrogens is 208 g/mol. The fourth-order valence-corrected chi connectivity index (χ4v) is 2.69. The lowest BCUT2D eigenvalue weighted by atomic mass is 9.98. The van der Waals surface area contributed by atoms with E-state index in [2.05, 4.69) is 44.8 Å². The molecule has 2 nitrogen and oxygen atoms in total. The van der Waals surface area contributed by atoms with Gasteiger partial charge in [0.2, 0.25) is 0 Å². The molecule has 0 aromatic carbocycles. The van der Waals surface area contributed by atoms with E-state index in [1.54, 1.807) is 0 Å². The van der Waals surface area contributed by atoms with Gasteiger partial charge < -0.3 is 10.2 Å². The Kier molecular flexibility index (Phi) is 6.50. The Morgan fingerprint density at radius 2 is 1.82 bits per heavy atom. The zero-order chi connectivity index (χ0) is 12.8. The Labute approximate surface area is 108 Å². The van der Waals surface area contributed by atoms with Crippen molar-refractivity contribution < 1.29 is 0 Å².